The molecule has 0 amide bonds. The Balaban J connectivity index is 1.68. The van der Waals surface area contributed by atoms with Gasteiger partial charge in [0, 0.05) is 23.6 Å². The molecule has 2 aliphatic rings. The van der Waals surface area contributed by atoms with Crippen LogP contribution in [0.1, 0.15) is 12.5 Å². The summed E-state index contributed by atoms with van der Waals surface area (Å²) in [5, 5.41) is 0.502. The van der Waals surface area contributed by atoms with E-state index in [2.05, 4.69) is 6.58 Å². The number of methoxy groups -OCH3 is 1. The van der Waals surface area contributed by atoms with E-state index in [0.29, 0.717) is 45.8 Å². The molecule has 6 heteroatoms. The van der Waals surface area contributed by atoms with Crippen LogP contribution in [0.4, 0.5) is 0 Å². The first-order valence-electron chi connectivity index (χ1n) is 8.94. The third kappa shape index (κ3) is 2.37. The first kappa shape index (κ1) is 16.7. The average molecular weight is 378 g/mol. The van der Waals surface area contributed by atoms with Crippen LogP contribution < -0.4 is 24.4 Å². The van der Waals surface area contributed by atoms with Crippen molar-refractivity contribution >= 4 is 11.0 Å². The maximum Gasteiger partial charge on any atom is 0.231 e. The van der Waals surface area contributed by atoms with Crippen LogP contribution in [0.3, 0.4) is 0 Å². The fourth-order valence-corrected chi connectivity index (χ4v) is 3.69. The molecule has 0 N–H and O–H groups in total. The van der Waals surface area contributed by atoms with Crippen LogP contribution in [0, 0.1) is 0 Å². The lowest BCUT2D eigenvalue weighted by Crippen LogP contribution is -2.13. The Bertz CT molecular complexity index is 1190. The highest BCUT2D eigenvalue weighted by molar-refractivity contribution is 5.87. The topological polar surface area (TPSA) is 67.1 Å². The highest BCUT2D eigenvalue weighted by atomic mass is 16.7. The lowest BCUT2D eigenvalue weighted by molar-refractivity contribution is 0.174. The molecule has 5 rings (SSSR count). The lowest BCUT2D eigenvalue weighted by atomic mass is 10.0. The van der Waals surface area contributed by atoms with E-state index in [9.17, 15) is 4.79 Å². The molecule has 3 heterocycles. The minimum atomic E-state index is -0.139. The van der Waals surface area contributed by atoms with Crippen molar-refractivity contribution in [1.29, 1.82) is 0 Å². The molecule has 0 aliphatic carbocycles. The molecule has 6 nitrogen and oxygen atoms in total. The number of hydrogen-bond donors (Lipinski definition) is 0. The standard InChI is InChI=1S/C22H18O6/c1-11(2)17-7-14-16(28-17)5-4-12-21(23)15(9-25-22(12)14)13-6-19-20(27-10-26-19)8-18(13)24-3/h4-6,8-9,17H,1,7,10H2,2-3H3/t17-/m1/s1. The molecule has 0 spiro atoms. The van der Waals surface area contributed by atoms with E-state index in [1.165, 1.54) is 6.26 Å². The highest BCUT2D eigenvalue weighted by Gasteiger charge is 2.28. The monoisotopic (exact) mass is 378 g/mol. The largest absolute Gasteiger partial charge is 0.496 e. The van der Waals surface area contributed by atoms with Crippen molar-refractivity contribution in [2.45, 2.75) is 19.4 Å². The molecule has 1 atom stereocenters. The minimum absolute atomic E-state index is 0.0977. The van der Waals surface area contributed by atoms with Crippen LogP contribution in [0.15, 0.2) is 51.9 Å². The average Bonchev–Trinajstić information content (AvgIpc) is 3.33. The summed E-state index contributed by atoms with van der Waals surface area (Å²) in [5.74, 6) is 2.41. The van der Waals surface area contributed by atoms with Gasteiger partial charge in [-0.2, -0.15) is 0 Å². The molecule has 0 unspecified atom stereocenters. The maximum atomic E-state index is 13.3. The van der Waals surface area contributed by atoms with Gasteiger partial charge < -0.3 is 23.4 Å². The quantitative estimate of drug-likeness (QED) is 0.640. The zero-order chi connectivity index (χ0) is 19.4. The van der Waals surface area contributed by atoms with Gasteiger partial charge in [-0.25, -0.2) is 0 Å². The van der Waals surface area contributed by atoms with Crippen molar-refractivity contribution in [2.75, 3.05) is 13.9 Å². The second-order valence-corrected chi connectivity index (χ2v) is 6.96. The SMILES string of the molecule is C=C(C)[C@H]1Cc2c(ccc3c(=O)c(-c4cc5c(cc4OC)OCO5)coc23)O1. The summed E-state index contributed by atoms with van der Waals surface area (Å²) in [5.41, 5.74) is 3.24. The first-order chi connectivity index (χ1) is 13.6. The van der Waals surface area contributed by atoms with E-state index in [0.717, 1.165) is 16.9 Å². The summed E-state index contributed by atoms with van der Waals surface area (Å²) < 4.78 is 28.1. The van der Waals surface area contributed by atoms with Crippen molar-refractivity contribution in [3.8, 4) is 34.1 Å². The molecular weight excluding hydrogens is 360 g/mol. The highest BCUT2D eigenvalue weighted by Crippen LogP contribution is 2.42. The molecule has 3 aromatic rings. The van der Waals surface area contributed by atoms with Crippen LogP contribution in [0.25, 0.3) is 22.1 Å². The van der Waals surface area contributed by atoms with E-state index < -0.39 is 0 Å². The van der Waals surface area contributed by atoms with Crippen LogP contribution in [0.2, 0.25) is 0 Å². The zero-order valence-electron chi connectivity index (χ0n) is 15.5. The predicted octanol–water partition coefficient (Wildman–Crippen LogP) is 4.08. The van der Waals surface area contributed by atoms with Gasteiger partial charge in [0.05, 0.1) is 18.1 Å². The number of hydrogen-bond acceptors (Lipinski definition) is 6. The Labute approximate surface area is 160 Å². The maximum absolute atomic E-state index is 13.3. The van der Waals surface area contributed by atoms with Gasteiger partial charge in [-0.05, 0) is 30.7 Å². The third-order valence-electron chi connectivity index (χ3n) is 5.19. The van der Waals surface area contributed by atoms with Gasteiger partial charge in [0.25, 0.3) is 0 Å². The zero-order valence-corrected chi connectivity index (χ0v) is 15.5. The summed E-state index contributed by atoms with van der Waals surface area (Å²) in [7, 11) is 1.55. The van der Waals surface area contributed by atoms with Gasteiger partial charge in [-0.1, -0.05) is 6.58 Å². The van der Waals surface area contributed by atoms with Gasteiger partial charge in [0.2, 0.25) is 12.2 Å². The molecule has 28 heavy (non-hydrogen) atoms. The Hall–Kier alpha value is -3.41. The van der Waals surface area contributed by atoms with Gasteiger partial charge in [0.1, 0.15) is 29.4 Å². The third-order valence-corrected chi connectivity index (χ3v) is 5.19. The second kappa shape index (κ2) is 6.05. The van der Waals surface area contributed by atoms with Crippen molar-refractivity contribution in [2.24, 2.45) is 0 Å². The molecule has 2 aliphatic heterocycles. The number of fused-ring (bicyclic) bond motifs is 4. The molecule has 1 aromatic heterocycles. The van der Waals surface area contributed by atoms with E-state index in [4.69, 9.17) is 23.4 Å². The molecule has 0 bridgehead atoms. The Kier molecular flexibility index (Phi) is 3.62. The Morgan fingerprint density at radius 3 is 2.68 bits per heavy atom. The summed E-state index contributed by atoms with van der Waals surface area (Å²) in [6.45, 7) is 6.04. The predicted molar refractivity (Wildman–Crippen MR) is 104 cm³/mol. The molecule has 0 saturated carbocycles. The van der Waals surface area contributed by atoms with Crippen molar-refractivity contribution in [3.05, 3.63) is 58.5 Å². The van der Waals surface area contributed by atoms with E-state index in [1.54, 1.807) is 25.3 Å². The van der Waals surface area contributed by atoms with Crippen molar-refractivity contribution < 1.29 is 23.4 Å². The van der Waals surface area contributed by atoms with Crippen molar-refractivity contribution in [3.63, 3.8) is 0 Å². The fourth-order valence-electron chi connectivity index (χ4n) is 3.69. The van der Waals surface area contributed by atoms with Crippen LogP contribution in [-0.2, 0) is 6.42 Å². The molecule has 2 aromatic carbocycles. The normalized spacial score (nSPS) is 16.7. The molecular formula is C22H18O6. The summed E-state index contributed by atoms with van der Waals surface area (Å²) >= 11 is 0. The fraction of sp³-hybridized carbons (Fsp3) is 0.227. The van der Waals surface area contributed by atoms with Gasteiger partial charge >= 0.3 is 0 Å². The second-order valence-electron chi connectivity index (χ2n) is 6.96. The van der Waals surface area contributed by atoms with Crippen LogP contribution >= 0.6 is 0 Å². The summed E-state index contributed by atoms with van der Waals surface area (Å²) in [4.78, 5) is 13.3. The minimum Gasteiger partial charge on any atom is -0.496 e. The summed E-state index contributed by atoms with van der Waals surface area (Å²) in [6.07, 6.45) is 2.01. The summed E-state index contributed by atoms with van der Waals surface area (Å²) in [6, 6.07) is 7.02. The van der Waals surface area contributed by atoms with Crippen molar-refractivity contribution in [1.82, 2.24) is 0 Å². The number of ether oxygens (including phenoxy) is 4. The Morgan fingerprint density at radius 2 is 1.93 bits per heavy atom. The Morgan fingerprint density at radius 1 is 1.14 bits per heavy atom. The molecule has 0 saturated heterocycles. The van der Waals surface area contributed by atoms with Gasteiger partial charge in [-0.15, -0.1) is 0 Å². The molecule has 142 valence electrons. The van der Waals surface area contributed by atoms with E-state index in [1.807, 2.05) is 13.0 Å². The molecule has 0 fully saturated rings. The smallest absolute Gasteiger partial charge is 0.231 e. The van der Waals surface area contributed by atoms with Gasteiger partial charge in [0.15, 0.2) is 11.5 Å². The molecule has 0 radical (unpaired) electrons. The first-order valence-corrected chi connectivity index (χ1v) is 8.94. The van der Waals surface area contributed by atoms with Gasteiger partial charge in [-0.3, -0.25) is 4.79 Å². The lowest BCUT2D eigenvalue weighted by Gasteiger charge is -2.10. The number of rotatable bonds is 3. The number of benzene rings is 2. The van der Waals surface area contributed by atoms with E-state index >= 15 is 0 Å². The van der Waals surface area contributed by atoms with E-state index in [-0.39, 0.29) is 18.3 Å². The van der Waals surface area contributed by atoms with Crippen LogP contribution in [-0.4, -0.2) is 20.0 Å². The van der Waals surface area contributed by atoms with Crippen LogP contribution in [0.5, 0.6) is 23.0 Å².